The quantitative estimate of drug-likeness (QED) is 0.104. The number of hydrogen-bond donors (Lipinski definition) is 0. The van der Waals surface area contributed by atoms with Crippen molar-refractivity contribution in [3.63, 3.8) is 0 Å². The van der Waals surface area contributed by atoms with Crippen LogP contribution in [0.5, 0.6) is 0 Å². The van der Waals surface area contributed by atoms with E-state index in [1.54, 1.807) is 0 Å². The van der Waals surface area contributed by atoms with E-state index in [1.807, 2.05) is 0 Å². The van der Waals surface area contributed by atoms with Crippen LogP contribution in [0.2, 0.25) is 0 Å². The highest BCUT2D eigenvalue weighted by atomic mass is 35.5. The van der Waals surface area contributed by atoms with Crippen molar-refractivity contribution in [1.29, 1.82) is 0 Å². The molecule has 2 heterocycles. The largest absolute Gasteiger partial charge is 0.469 e. The molecule has 0 N–H and O–H groups in total. The molecular weight excluding hydrogens is 528 g/mol. The number of esters is 1. The first kappa shape index (κ1) is 33.6. The molecule has 1 aliphatic carbocycles. The van der Waals surface area contributed by atoms with Gasteiger partial charge in [0, 0.05) is 30.9 Å². The highest BCUT2D eigenvalue weighted by molar-refractivity contribution is 6.21. The molecule has 230 valence electrons. The number of unbranched alkanes of at least 4 members (excludes halogenated alkanes) is 1. The van der Waals surface area contributed by atoms with Crippen LogP contribution >= 0.6 is 11.6 Å². The molecule has 3 rings (SSSR count). The average molecular weight is 583 g/mol. The first-order valence-corrected chi connectivity index (χ1v) is 16.4. The van der Waals surface area contributed by atoms with Crippen molar-refractivity contribution >= 4 is 17.6 Å². The molecule has 3 fully saturated rings. The van der Waals surface area contributed by atoms with Gasteiger partial charge in [0.1, 0.15) is 0 Å². The summed E-state index contributed by atoms with van der Waals surface area (Å²) < 4.78 is 30.1. The van der Waals surface area contributed by atoms with Crippen molar-refractivity contribution in [2.45, 2.75) is 140 Å². The van der Waals surface area contributed by atoms with Crippen molar-refractivity contribution in [3.05, 3.63) is 24.3 Å². The molecule has 1 saturated carbocycles. The van der Waals surface area contributed by atoms with Gasteiger partial charge in [-0.3, -0.25) is 4.79 Å². The topological polar surface area (TPSA) is 63.2 Å². The van der Waals surface area contributed by atoms with Crippen LogP contribution in [-0.4, -0.2) is 56.0 Å². The number of carbonyl (C=O) groups excluding carboxylic acids is 1. The third-order valence-electron chi connectivity index (χ3n) is 9.03. The minimum absolute atomic E-state index is 0.0243. The minimum Gasteiger partial charge on any atom is -0.469 e. The molecule has 2 aliphatic heterocycles. The Morgan fingerprint density at radius 1 is 1.07 bits per heavy atom. The maximum atomic E-state index is 11.4. The molecule has 8 atom stereocenters. The SMILES string of the molecule is CCCCC(C)[C@](C)(/C=C/[C@@H]1[C@@H](CC/C=C\CCC(=O)OC)[C@H](Cl)C[C@H]1OC1CCCCO1)OC1CCCCO1. The second kappa shape index (κ2) is 17.9. The molecule has 6 nitrogen and oxygen atoms in total. The molecule has 2 saturated heterocycles. The van der Waals surface area contributed by atoms with Gasteiger partial charge in [-0.2, -0.15) is 0 Å². The van der Waals surface area contributed by atoms with E-state index in [0.29, 0.717) is 18.8 Å². The molecule has 7 heteroatoms. The van der Waals surface area contributed by atoms with Gasteiger partial charge >= 0.3 is 5.97 Å². The third-order valence-corrected chi connectivity index (χ3v) is 9.53. The minimum atomic E-state index is -0.425. The lowest BCUT2D eigenvalue weighted by Gasteiger charge is -2.38. The number of rotatable bonds is 16. The summed E-state index contributed by atoms with van der Waals surface area (Å²) in [7, 11) is 1.43. The standard InChI is InChI=1S/C33H55ClO6/c1-5-6-15-25(2)33(3,40-32-19-12-14-23-38-32)21-20-27-26(16-9-7-8-10-17-30(35)36-4)28(34)24-29(27)39-31-18-11-13-22-37-31/h7-8,20-21,25-29,31-32H,5-6,9-19,22-24H2,1-4H3/b8-7-,21-20+/t25?,26-,27-,28-,29-,31?,32?,33+/m1/s1. The zero-order chi connectivity index (χ0) is 28.8. The van der Waals surface area contributed by atoms with Crippen LogP contribution in [0.15, 0.2) is 24.3 Å². The third kappa shape index (κ3) is 10.7. The molecule has 3 aliphatic rings. The predicted molar refractivity (Wildman–Crippen MR) is 160 cm³/mol. The van der Waals surface area contributed by atoms with E-state index in [1.165, 1.54) is 20.0 Å². The van der Waals surface area contributed by atoms with Crippen LogP contribution in [0, 0.1) is 17.8 Å². The second-order valence-electron chi connectivity index (χ2n) is 12.1. The van der Waals surface area contributed by atoms with E-state index in [-0.39, 0.29) is 41.9 Å². The Hall–Kier alpha value is -0.920. The molecule has 0 amide bonds. The Morgan fingerprint density at radius 3 is 2.42 bits per heavy atom. The summed E-state index contributed by atoms with van der Waals surface area (Å²) in [5.74, 6) is 0.663. The molecule has 40 heavy (non-hydrogen) atoms. The lowest BCUT2D eigenvalue weighted by Crippen LogP contribution is -2.40. The summed E-state index contributed by atoms with van der Waals surface area (Å²) in [6.45, 7) is 8.32. The van der Waals surface area contributed by atoms with Gasteiger partial charge in [-0.15, -0.1) is 11.6 Å². The second-order valence-corrected chi connectivity index (χ2v) is 12.7. The van der Waals surface area contributed by atoms with E-state index in [4.69, 9.17) is 35.3 Å². The zero-order valence-electron chi connectivity index (χ0n) is 25.5. The van der Waals surface area contributed by atoms with Crippen LogP contribution < -0.4 is 0 Å². The maximum Gasteiger partial charge on any atom is 0.305 e. The Kier molecular flexibility index (Phi) is 15.0. The summed E-state index contributed by atoms with van der Waals surface area (Å²) in [4.78, 5) is 11.4. The smallest absolute Gasteiger partial charge is 0.305 e. The highest BCUT2D eigenvalue weighted by Gasteiger charge is 2.43. The Labute approximate surface area is 248 Å². The number of alkyl halides is 1. The summed E-state index contributed by atoms with van der Waals surface area (Å²) in [5, 5.41) is 0.0399. The van der Waals surface area contributed by atoms with Crippen LogP contribution in [0.4, 0.5) is 0 Å². The predicted octanol–water partition coefficient (Wildman–Crippen LogP) is 8.12. The van der Waals surface area contributed by atoms with Gasteiger partial charge in [0.25, 0.3) is 0 Å². The summed E-state index contributed by atoms with van der Waals surface area (Å²) in [5.41, 5.74) is -0.425. The number of allylic oxidation sites excluding steroid dienone is 2. The number of ether oxygens (including phenoxy) is 5. The van der Waals surface area contributed by atoms with Gasteiger partial charge in [-0.05, 0) is 89.4 Å². The van der Waals surface area contributed by atoms with Gasteiger partial charge in [-0.1, -0.05) is 51.0 Å². The summed E-state index contributed by atoms with van der Waals surface area (Å²) in [6, 6.07) is 0. The van der Waals surface area contributed by atoms with E-state index in [0.717, 1.165) is 77.4 Å². The van der Waals surface area contributed by atoms with Crippen molar-refractivity contribution in [2.24, 2.45) is 17.8 Å². The molecule has 0 bridgehead atoms. The van der Waals surface area contributed by atoms with E-state index in [2.05, 4.69) is 45.1 Å². The monoisotopic (exact) mass is 582 g/mol. The van der Waals surface area contributed by atoms with Crippen LogP contribution in [0.3, 0.4) is 0 Å². The highest BCUT2D eigenvalue weighted by Crippen LogP contribution is 2.43. The lowest BCUT2D eigenvalue weighted by atomic mass is 9.83. The molecule has 3 unspecified atom stereocenters. The number of hydrogen-bond acceptors (Lipinski definition) is 6. The fourth-order valence-electron chi connectivity index (χ4n) is 6.20. The molecule has 0 aromatic rings. The number of halogens is 1. The van der Waals surface area contributed by atoms with Gasteiger partial charge in [0.05, 0.1) is 18.8 Å². The van der Waals surface area contributed by atoms with Gasteiger partial charge in [0.2, 0.25) is 0 Å². The van der Waals surface area contributed by atoms with Crippen molar-refractivity contribution < 1.29 is 28.5 Å². The first-order chi connectivity index (χ1) is 19.4. The van der Waals surface area contributed by atoms with Crippen LogP contribution in [0.25, 0.3) is 0 Å². The lowest BCUT2D eigenvalue weighted by molar-refractivity contribution is -0.219. The Balaban J connectivity index is 1.74. The fourth-order valence-corrected chi connectivity index (χ4v) is 6.67. The number of methoxy groups -OCH3 is 1. The van der Waals surface area contributed by atoms with Crippen molar-refractivity contribution in [3.8, 4) is 0 Å². The molecular formula is C33H55ClO6. The van der Waals surface area contributed by atoms with E-state index >= 15 is 0 Å². The van der Waals surface area contributed by atoms with Crippen molar-refractivity contribution in [2.75, 3.05) is 20.3 Å². The molecule has 0 radical (unpaired) electrons. The van der Waals surface area contributed by atoms with Gasteiger partial charge in [0.15, 0.2) is 12.6 Å². The van der Waals surface area contributed by atoms with Crippen LogP contribution in [0.1, 0.15) is 111 Å². The van der Waals surface area contributed by atoms with Crippen LogP contribution in [-0.2, 0) is 28.5 Å². The molecule has 0 spiro atoms. The zero-order valence-corrected chi connectivity index (χ0v) is 26.2. The van der Waals surface area contributed by atoms with Gasteiger partial charge in [-0.25, -0.2) is 0 Å². The van der Waals surface area contributed by atoms with Crippen molar-refractivity contribution in [1.82, 2.24) is 0 Å². The fraction of sp³-hybridized carbons (Fsp3) is 0.848. The maximum absolute atomic E-state index is 11.4. The Morgan fingerprint density at radius 2 is 1.77 bits per heavy atom. The molecule has 0 aromatic heterocycles. The molecule has 0 aromatic carbocycles. The number of carbonyl (C=O) groups is 1. The summed E-state index contributed by atoms with van der Waals surface area (Å²) >= 11 is 7.03. The van der Waals surface area contributed by atoms with E-state index in [9.17, 15) is 4.79 Å². The Bertz CT molecular complexity index is 775. The first-order valence-electron chi connectivity index (χ1n) is 16.0. The summed E-state index contributed by atoms with van der Waals surface area (Å²) in [6.07, 6.45) is 22.3. The average Bonchev–Trinajstić information content (AvgIpc) is 3.26. The van der Waals surface area contributed by atoms with Gasteiger partial charge < -0.3 is 23.7 Å². The van der Waals surface area contributed by atoms with E-state index < -0.39 is 5.60 Å². The normalized spacial score (nSPS) is 31.9.